The highest BCUT2D eigenvalue weighted by atomic mass is 16.4. The van der Waals surface area contributed by atoms with E-state index in [1.54, 1.807) is 0 Å². The summed E-state index contributed by atoms with van der Waals surface area (Å²) in [6.07, 6.45) is 4.09. The molecule has 0 saturated heterocycles. The van der Waals surface area contributed by atoms with Crippen LogP contribution in [0.2, 0.25) is 0 Å². The quantitative estimate of drug-likeness (QED) is 0.533. The van der Waals surface area contributed by atoms with Crippen molar-refractivity contribution in [2.45, 2.75) is 44.2 Å². The normalized spacial score (nSPS) is 29.7. The summed E-state index contributed by atoms with van der Waals surface area (Å²) in [5.41, 5.74) is -1.74. The van der Waals surface area contributed by atoms with Crippen LogP contribution in [-0.2, 0) is 4.79 Å². The summed E-state index contributed by atoms with van der Waals surface area (Å²) in [6.45, 7) is 1.41. The van der Waals surface area contributed by atoms with Crippen LogP contribution in [0.5, 0.6) is 0 Å². The molecule has 0 bridgehead atoms. The van der Waals surface area contributed by atoms with Gasteiger partial charge in [0, 0.05) is 19.2 Å². The van der Waals surface area contributed by atoms with Crippen LogP contribution >= 0.6 is 0 Å². The van der Waals surface area contributed by atoms with Crippen molar-refractivity contribution in [2.24, 2.45) is 5.92 Å². The molecule has 0 aliphatic heterocycles. The predicted octanol–water partition coefficient (Wildman–Crippen LogP) is -0.0373. The second kappa shape index (κ2) is 5.61. The Morgan fingerprint density at radius 2 is 2.06 bits per heavy atom. The van der Waals surface area contributed by atoms with Crippen LogP contribution in [-0.4, -0.2) is 46.1 Å². The molecule has 0 aromatic rings. The van der Waals surface area contributed by atoms with Crippen LogP contribution in [0, 0.1) is 5.92 Å². The lowest BCUT2D eigenvalue weighted by atomic mass is 9.84. The van der Waals surface area contributed by atoms with Gasteiger partial charge in [0.1, 0.15) is 0 Å². The molecule has 0 heterocycles. The summed E-state index contributed by atoms with van der Waals surface area (Å²) in [7, 11) is 0. The van der Waals surface area contributed by atoms with Gasteiger partial charge < -0.3 is 20.6 Å². The molecule has 0 aromatic carbocycles. The van der Waals surface area contributed by atoms with Crippen LogP contribution in [0.3, 0.4) is 0 Å². The largest absolute Gasteiger partial charge is 0.479 e. The fourth-order valence-electron chi connectivity index (χ4n) is 2.10. The first-order valence-corrected chi connectivity index (χ1v) is 5.77. The molecule has 0 amide bonds. The topological polar surface area (TPSA) is 89.8 Å². The molecule has 16 heavy (non-hydrogen) atoms. The van der Waals surface area contributed by atoms with Crippen molar-refractivity contribution < 1.29 is 20.1 Å². The molecule has 5 nitrogen and oxygen atoms in total. The molecule has 94 valence electrons. The number of aliphatic hydroxyl groups excluding tert-OH is 1. The number of carboxylic acids is 1. The first-order chi connectivity index (χ1) is 7.47. The molecule has 1 saturated carbocycles. The third-order valence-electron chi connectivity index (χ3n) is 3.31. The summed E-state index contributed by atoms with van der Waals surface area (Å²) >= 11 is 0. The highest BCUT2D eigenvalue weighted by Crippen LogP contribution is 2.24. The van der Waals surface area contributed by atoms with Gasteiger partial charge in [0.2, 0.25) is 0 Å². The van der Waals surface area contributed by atoms with Crippen LogP contribution in [0.25, 0.3) is 0 Å². The SMILES string of the molecule is CC(O)(CNC1CCCCC1CO)C(=O)O. The standard InChI is InChI=1S/C11H21NO4/c1-11(16,10(14)15)7-12-9-5-3-2-4-8(9)6-13/h8-9,12-13,16H,2-7H2,1H3,(H,14,15). The molecular weight excluding hydrogens is 210 g/mol. The first-order valence-electron chi connectivity index (χ1n) is 5.77. The smallest absolute Gasteiger partial charge is 0.336 e. The third kappa shape index (κ3) is 3.43. The number of carboxylic acid groups (broad SMARTS) is 1. The maximum absolute atomic E-state index is 10.7. The Labute approximate surface area is 95.5 Å². The second-order valence-corrected chi connectivity index (χ2v) is 4.79. The Morgan fingerprint density at radius 1 is 1.44 bits per heavy atom. The maximum Gasteiger partial charge on any atom is 0.336 e. The average molecular weight is 231 g/mol. The van der Waals surface area contributed by atoms with E-state index in [4.69, 9.17) is 5.11 Å². The van der Waals surface area contributed by atoms with Crippen molar-refractivity contribution in [3.63, 3.8) is 0 Å². The molecule has 0 aromatic heterocycles. The summed E-state index contributed by atoms with van der Waals surface area (Å²) in [4.78, 5) is 10.7. The van der Waals surface area contributed by atoms with Crippen molar-refractivity contribution in [3.8, 4) is 0 Å². The minimum absolute atomic E-state index is 0.0174. The molecule has 0 radical (unpaired) electrons. The Bertz CT molecular complexity index is 242. The summed E-state index contributed by atoms with van der Waals surface area (Å²) in [6, 6.07) is 0.115. The zero-order valence-corrected chi connectivity index (χ0v) is 9.65. The fraction of sp³-hybridized carbons (Fsp3) is 0.909. The van der Waals surface area contributed by atoms with E-state index in [-0.39, 0.29) is 25.1 Å². The van der Waals surface area contributed by atoms with Crippen LogP contribution in [0.4, 0.5) is 0 Å². The summed E-state index contributed by atoms with van der Waals surface area (Å²) in [5.74, 6) is -1.05. The van der Waals surface area contributed by atoms with Gasteiger partial charge in [-0.1, -0.05) is 12.8 Å². The molecule has 3 atom stereocenters. The van der Waals surface area contributed by atoms with Crippen molar-refractivity contribution in [3.05, 3.63) is 0 Å². The Hall–Kier alpha value is -0.650. The Balaban J connectivity index is 2.43. The van der Waals surface area contributed by atoms with Gasteiger partial charge in [0.15, 0.2) is 5.60 Å². The van der Waals surface area contributed by atoms with Gasteiger partial charge in [-0.25, -0.2) is 4.79 Å². The van der Waals surface area contributed by atoms with E-state index in [9.17, 15) is 15.0 Å². The molecule has 1 aliphatic carbocycles. The Morgan fingerprint density at radius 3 is 2.62 bits per heavy atom. The highest BCUT2D eigenvalue weighted by Gasteiger charge is 2.32. The van der Waals surface area contributed by atoms with Crippen LogP contribution in [0.15, 0.2) is 0 Å². The molecule has 5 heteroatoms. The lowest BCUT2D eigenvalue weighted by molar-refractivity contribution is -0.156. The zero-order chi connectivity index (χ0) is 12.2. The molecule has 1 rings (SSSR count). The molecule has 3 unspecified atom stereocenters. The highest BCUT2D eigenvalue weighted by molar-refractivity contribution is 5.76. The third-order valence-corrected chi connectivity index (χ3v) is 3.31. The van der Waals surface area contributed by atoms with Crippen LogP contribution < -0.4 is 5.32 Å². The van der Waals surface area contributed by atoms with E-state index >= 15 is 0 Å². The van der Waals surface area contributed by atoms with E-state index in [2.05, 4.69) is 5.32 Å². The van der Waals surface area contributed by atoms with Gasteiger partial charge in [0.05, 0.1) is 0 Å². The van der Waals surface area contributed by atoms with E-state index in [1.165, 1.54) is 6.92 Å². The number of rotatable bonds is 5. The number of hydrogen-bond donors (Lipinski definition) is 4. The summed E-state index contributed by atoms with van der Waals surface area (Å²) < 4.78 is 0. The van der Waals surface area contributed by atoms with E-state index in [0.29, 0.717) is 0 Å². The van der Waals surface area contributed by atoms with Crippen LogP contribution in [0.1, 0.15) is 32.6 Å². The minimum Gasteiger partial charge on any atom is -0.479 e. The zero-order valence-electron chi connectivity index (χ0n) is 9.65. The van der Waals surface area contributed by atoms with Crippen molar-refractivity contribution in [1.29, 1.82) is 0 Å². The number of nitrogens with one attached hydrogen (secondary N) is 1. The molecule has 1 aliphatic rings. The molecule has 1 fully saturated rings. The van der Waals surface area contributed by atoms with Crippen molar-refractivity contribution in [1.82, 2.24) is 5.32 Å². The minimum atomic E-state index is -1.74. The van der Waals surface area contributed by atoms with Gasteiger partial charge in [-0.2, -0.15) is 0 Å². The maximum atomic E-state index is 10.7. The van der Waals surface area contributed by atoms with Gasteiger partial charge in [0.25, 0.3) is 0 Å². The number of hydrogen-bond acceptors (Lipinski definition) is 4. The van der Waals surface area contributed by atoms with Crippen molar-refractivity contribution >= 4 is 5.97 Å². The number of aliphatic carboxylic acids is 1. The van der Waals surface area contributed by atoms with Gasteiger partial charge in [-0.15, -0.1) is 0 Å². The lowest BCUT2D eigenvalue weighted by Crippen LogP contribution is -2.50. The Kier molecular flexibility index (Phi) is 4.70. The molecular formula is C11H21NO4. The van der Waals surface area contributed by atoms with Crippen molar-refractivity contribution in [2.75, 3.05) is 13.2 Å². The lowest BCUT2D eigenvalue weighted by Gasteiger charge is -2.32. The average Bonchev–Trinajstić information content (AvgIpc) is 2.26. The molecule has 4 N–H and O–H groups in total. The predicted molar refractivity (Wildman–Crippen MR) is 59.1 cm³/mol. The van der Waals surface area contributed by atoms with E-state index in [0.717, 1.165) is 25.7 Å². The van der Waals surface area contributed by atoms with E-state index in [1.807, 2.05) is 0 Å². The van der Waals surface area contributed by atoms with E-state index < -0.39 is 11.6 Å². The monoisotopic (exact) mass is 231 g/mol. The second-order valence-electron chi connectivity index (χ2n) is 4.79. The van der Waals surface area contributed by atoms with Gasteiger partial charge in [-0.05, 0) is 25.7 Å². The van der Waals surface area contributed by atoms with Gasteiger partial charge in [-0.3, -0.25) is 0 Å². The fourth-order valence-corrected chi connectivity index (χ4v) is 2.10. The first kappa shape index (κ1) is 13.4. The molecule has 0 spiro atoms. The summed E-state index contributed by atoms with van der Waals surface area (Å²) in [5, 5.41) is 30.5. The van der Waals surface area contributed by atoms with Gasteiger partial charge >= 0.3 is 5.97 Å². The number of carbonyl (C=O) groups is 1. The number of aliphatic hydroxyl groups is 2.